The van der Waals surface area contributed by atoms with Gasteiger partial charge in [-0.05, 0) is 30.5 Å². The van der Waals surface area contributed by atoms with Gasteiger partial charge >= 0.3 is 5.69 Å². The van der Waals surface area contributed by atoms with Gasteiger partial charge in [-0.3, -0.25) is 14.3 Å². The van der Waals surface area contributed by atoms with Crippen LogP contribution in [-0.4, -0.2) is 15.8 Å². The standard InChI is InChI=1S/C12H9N3O2S/c1-18-10-4-2-9(3-5-10)15-7-8(6-13)11(16)14-12(15)17/h2-5,7H,1H3,(H,14,16,17). The molecule has 0 spiro atoms. The van der Waals surface area contributed by atoms with Gasteiger partial charge in [0, 0.05) is 11.1 Å². The van der Waals surface area contributed by atoms with Crippen molar-refractivity contribution in [2.75, 3.05) is 6.26 Å². The Kier molecular flexibility index (Phi) is 3.35. The number of H-pyrrole nitrogens is 1. The molecule has 0 aliphatic heterocycles. The van der Waals surface area contributed by atoms with E-state index in [4.69, 9.17) is 5.26 Å². The Balaban J connectivity index is 2.60. The molecular weight excluding hydrogens is 250 g/mol. The third-order valence-electron chi connectivity index (χ3n) is 2.41. The molecule has 18 heavy (non-hydrogen) atoms. The molecule has 0 radical (unpaired) electrons. The van der Waals surface area contributed by atoms with Crippen LogP contribution in [-0.2, 0) is 0 Å². The summed E-state index contributed by atoms with van der Waals surface area (Å²) in [6.07, 6.45) is 3.20. The third kappa shape index (κ3) is 2.21. The van der Waals surface area contributed by atoms with E-state index >= 15 is 0 Å². The van der Waals surface area contributed by atoms with E-state index in [1.807, 2.05) is 18.4 Å². The maximum absolute atomic E-state index is 11.7. The molecule has 90 valence electrons. The lowest BCUT2D eigenvalue weighted by Crippen LogP contribution is -2.29. The first-order valence-corrected chi connectivity index (χ1v) is 6.28. The molecule has 1 aromatic carbocycles. The van der Waals surface area contributed by atoms with Crippen LogP contribution >= 0.6 is 11.8 Å². The summed E-state index contributed by atoms with van der Waals surface area (Å²) in [5.41, 5.74) is -0.718. The predicted molar refractivity (Wildman–Crippen MR) is 69.2 cm³/mol. The summed E-state index contributed by atoms with van der Waals surface area (Å²) in [5, 5.41) is 8.77. The first-order valence-electron chi connectivity index (χ1n) is 5.06. The van der Waals surface area contributed by atoms with Crippen molar-refractivity contribution in [2.24, 2.45) is 0 Å². The number of thioether (sulfide) groups is 1. The topological polar surface area (TPSA) is 78.7 Å². The lowest BCUT2D eigenvalue weighted by atomic mass is 10.3. The molecular formula is C12H9N3O2S. The highest BCUT2D eigenvalue weighted by Crippen LogP contribution is 2.16. The number of nitrogens with zero attached hydrogens (tertiary/aromatic N) is 2. The van der Waals surface area contributed by atoms with E-state index in [-0.39, 0.29) is 5.56 Å². The molecule has 0 atom stereocenters. The van der Waals surface area contributed by atoms with Crippen molar-refractivity contribution in [3.63, 3.8) is 0 Å². The van der Waals surface area contributed by atoms with Crippen LogP contribution in [0.5, 0.6) is 0 Å². The number of nitriles is 1. The Morgan fingerprint density at radius 3 is 2.50 bits per heavy atom. The minimum atomic E-state index is -0.667. The van der Waals surface area contributed by atoms with Crippen LogP contribution in [0, 0.1) is 11.3 Å². The average molecular weight is 259 g/mol. The minimum absolute atomic E-state index is 0.0939. The van der Waals surface area contributed by atoms with Gasteiger partial charge in [0.1, 0.15) is 11.6 Å². The Labute approximate surface area is 107 Å². The molecule has 5 nitrogen and oxygen atoms in total. The molecule has 0 amide bonds. The van der Waals surface area contributed by atoms with Crippen molar-refractivity contribution in [3.8, 4) is 11.8 Å². The molecule has 2 rings (SSSR count). The van der Waals surface area contributed by atoms with E-state index in [1.165, 1.54) is 10.8 Å². The molecule has 2 aromatic rings. The smallest absolute Gasteiger partial charge is 0.273 e. The van der Waals surface area contributed by atoms with Crippen molar-refractivity contribution in [1.29, 1.82) is 5.26 Å². The van der Waals surface area contributed by atoms with Gasteiger partial charge in [0.2, 0.25) is 0 Å². The maximum Gasteiger partial charge on any atom is 0.332 e. The van der Waals surface area contributed by atoms with E-state index in [0.717, 1.165) is 4.90 Å². The summed E-state index contributed by atoms with van der Waals surface area (Å²) < 4.78 is 1.24. The molecule has 0 bridgehead atoms. The molecule has 1 aromatic heterocycles. The van der Waals surface area contributed by atoms with Crippen molar-refractivity contribution in [3.05, 3.63) is 56.9 Å². The van der Waals surface area contributed by atoms with Gasteiger partial charge in [-0.1, -0.05) is 0 Å². The van der Waals surface area contributed by atoms with Gasteiger partial charge < -0.3 is 0 Å². The van der Waals surface area contributed by atoms with Gasteiger partial charge in [-0.15, -0.1) is 11.8 Å². The number of aromatic amines is 1. The first kappa shape index (κ1) is 12.2. The number of hydrogen-bond donors (Lipinski definition) is 1. The fourth-order valence-electron chi connectivity index (χ4n) is 1.49. The van der Waals surface area contributed by atoms with Crippen molar-refractivity contribution in [1.82, 2.24) is 9.55 Å². The summed E-state index contributed by atoms with van der Waals surface area (Å²) in [6.45, 7) is 0. The molecule has 0 saturated carbocycles. The highest BCUT2D eigenvalue weighted by atomic mass is 32.2. The van der Waals surface area contributed by atoms with Crippen LogP contribution in [0.25, 0.3) is 5.69 Å². The van der Waals surface area contributed by atoms with Crippen LogP contribution in [0.15, 0.2) is 44.9 Å². The quantitative estimate of drug-likeness (QED) is 0.820. The zero-order valence-corrected chi connectivity index (χ0v) is 10.3. The number of nitrogens with one attached hydrogen (secondary N) is 1. The molecule has 1 N–H and O–H groups in total. The second-order valence-corrected chi connectivity index (χ2v) is 4.36. The second-order valence-electron chi connectivity index (χ2n) is 3.48. The first-order chi connectivity index (χ1) is 8.65. The lowest BCUT2D eigenvalue weighted by Gasteiger charge is -2.05. The summed E-state index contributed by atoms with van der Waals surface area (Å²) in [7, 11) is 0. The lowest BCUT2D eigenvalue weighted by molar-refractivity contribution is 0.888. The number of rotatable bonds is 2. The predicted octanol–water partition coefficient (Wildman–Crippen LogP) is 1.12. The molecule has 0 fully saturated rings. The molecule has 1 heterocycles. The third-order valence-corrected chi connectivity index (χ3v) is 3.16. The monoisotopic (exact) mass is 259 g/mol. The van der Waals surface area contributed by atoms with Crippen molar-refractivity contribution in [2.45, 2.75) is 4.90 Å². The van der Waals surface area contributed by atoms with Crippen LogP contribution in [0.1, 0.15) is 5.56 Å². The SMILES string of the molecule is CSc1ccc(-n2cc(C#N)c(=O)[nH]c2=O)cc1. The zero-order valence-electron chi connectivity index (χ0n) is 9.51. The van der Waals surface area contributed by atoms with E-state index in [1.54, 1.807) is 30.0 Å². The van der Waals surface area contributed by atoms with Crippen molar-refractivity contribution < 1.29 is 0 Å². The van der Waals surface area contributed by atoms with E-state index in [9.17, 15) is 9.59 Å². The van der Waals surface area contributed by atoms with Crippen LogP contribution < -0.4 is 11.2 Å². The van der Waals surface area contributed by atoms with E-state index in [0.29, 0.717) is 5.69 Å². The van der Waals surface area contributed by atoms with Crippen LogP contribution in [0.2, 0.25) is 0 Å². The number of benzene rings is 1. The van der Waals surface area contributed by atoms with E-state index in [2.05, 4.69) is 4.98 Å². The summed E-state index contributed by atoms with van der Waals surface area (Å²) in [5.74, 6) is 0. The van der Waals surface area contributed by atoms with Crippen molar-refractivity contribution >= 4 is 11.8 Å². The van der Waals surface area contributed by atoms with Gasteiger partial charge in [-0.25, -0.2) is 4.79 Å². The summed E-state index contributed by atoms with van der Waals surface area (Å²) in [6, 6.07) is 8.99. The summed E-state index contributed by atoms with van der Waals surface area (Å²) in [4.78, 5) is 26.1. The molecule has 0 aliphatic carbocycles. The Morgan fingerprint density at radius 1 is 1.28 bits per heavy atom. The Morgan fingerprint density at radius 2 is 1.94 bits per heavy atom. The number of aromatic nitrogens is 2. The van der Waals surface area contributed by atoms with Gasteiger partial charge in [0.25, 0.3) is 5.56 Å². The average Bonchev–Trinajstić information content (AvgIpc) is 2.39. The maximum atomic E-state index is 11.7. The molecule has 6 heteroatoms. The second kappa shape index (κ2) is 4.94. The minimum Gasteiger partial charge on any atom is -0.273 e. The zero-order chi connectivity index (χ0) is 13.1. The fraction of sp³-hybridized carbons (Fsp3) is 0.0833. The Hall–Kier alpha value is -2.26. The fourth-order valence-corrected chi connectivity index (χ4v) is 1.89. The van der Waals surface area contributed by atoms with Crippen LogP contribution in [0.3, 0.4) is 0 Å². The number of hydrogen-bond acceptors (Lipinski definition) is 4. The molecule has 0 saturated heterocycles. The summed E-state index contributed by atoms with van der Waals surface area (Å²) >= 11 is 1.59. The largest absolute Gasteiger partial charge is 0.332 e. The highest BCUT2D eigenvalue weighted by Gasteiger charge is 2.05. The van der Waals surface area contributed by atoms with Gasteiger partial charge in [-0.2, -0.15) is 5.26 Å². The molecule has 0 aliphatic rings. The molecule has 0 unspecified atom stereocenters. The van der Waals surface area contributed by atoms with Gasteiger partial charge in [0.05, 0.1) is 5.69 Å². The van der Waals surface area contributed by atoms with Crippen LogP contribution in [0.4, 0.5) is 0 Å². The Bertz CT molecular complexity index is 723. The van der Waals surface area contributed by atoms with Gasteiger partial charge in [0.15, 0.2) is 0 Å². The van der Waals surface area contributed by atoms with E-state index < -0.39 is 11.2 Å². The highest BCUT2D eigenvalue weighted by molar-refractivity contribution is 7.98. The normalized spacial score (nSPS) is 10.0.